The van der Waals surface area contributed by atoms with Crippen LogP contribution in [0.4, 0.5) is 0 Å². The Hall–Kier alpha value is -0.790. The van der Waals surface area contributed by atoms with E-state index >= 15 is 0 Å². The molecule has 0 aromatic heterocycles. The summed E-state index contributed by atoms with van der Waals surface area (Å²) in [6.07, 6.45) is 5.35. The fourth-order valence-electron chi connectivity index (χ4n) is 0.695. The topological polar surface area (TPSA) is 32.6 Å². The average molecular weight is 141 g/mol. The summed E-state index contributed by atoms with van der Waals surface area (Å²) >= 11 is 0. The lowest BCUT2D eigenvalue weighted by Crippen LogP contribution is -2.12. The van der Waals surface area contributed by atoms with Crippen molar-refractivity contribution in [1.29, 1.82) is 0 Å². The normalized spacial score (nSPS) is 12.2. The van der Waals surface area contributed by atoms with Gasteiger partial charge in [0.15, 0.2) is 0 Å². The molecular weight excluding hydrogens is 126 g/mol. The third kappa shape index (κ3) is 4.13. The molecule has 0 aliphatic carbocycles. The summed E-state index contributed by atoms with van der Waals surface area (Å²) in [6.45, 7) is 7.66. The summed E-state index contributed by atoms with van der Waals surface area (Å²) in [6, 6.07) is 0. The van der Waals surface area contributed by atoms with Gasteiger partial charge in [0.25, 0.3) is 0 Å². The Morgan fingerprint density at radius 3 is 2.60 bits per heavy atom. The van der Waals surface area contributed by atoms with E-state index in [9.17, 15) is 0 Å². The largest absolute Gasteiger partial charge is 0.411 e. The van der Waals surface area contributed by atoms with Crippen LogP contribution in [-0.2, 0) is 0 Å². The molecular formula is C8H15NO. The number of hydrogen-bond donors (Lipinski definition) is 1. The van der Waals surface area contributed by atoms with Gasteiger partial charge in [-0.2, -0.15) is 0 Å². The highest BCUT2D eigenvalue weighted by atomic mass is 16.4. The highest BCUT2D eigenvalue weighted by Crippen LogP contribution is 2.19. The Kier molecular flexibility index (Phi) is 3.77. The van der Waals surface area contributed by atoms with Crippen molar-refractivity contribution in [2.24, 2.45) is 10.6 Å². The molecule has 2 nitrogen and oxygen atoms in total. The third-order valence-electron chi connectivity index (χ3n) is 1.40. The first kappa shape index (κ1) is 9.21. The van der Waals surface area contributed by atoms with Crippen molar-refractivity contribution < 1.29 is 5.21 Å². The summed E-state index contributed by atoms with van der Waals surface area (Å²) in [4.78, 5) is 0. The molecule has 1 N–H and O–H groups in total. The van der Waals surface area contributed by atoms with E-state index in [1.54, 1.807) is 6.21 Å². The highest BCUT2D eigenvalue weighted by Gasteiger charge is 2.13. The summed E-state index contributed by atoms with van der Waals surface area (Å²) < 4.78 is 0. The van der Waals surface area contributed by atoms with Crippen molar-refractivity contribution >= 4 is 6.21 Å². The van der Waals surface area contributed by atoms with Crippen molar-refractivity contribution in [3.8, 4) is 0 Å². The van der Waals surface area contributed by atoms with E-state index in [1.165, 1.54) is 0 Å². The number of oxime groups is 1. The average Bonchev–Trinajstić information content (AvgIpc) is 1.84. The zero-order chi connectivity index (χ0) is 8.04. The Balaban J connectivity index is 3.73. The maximum Gasteiger partial charge on any atom is 0.0492 e. The molecule has 58 valence electrons. The second-order valence-electron chi connectivity index (χ2n) is 3.06. The molecule has 0 aromatic rings. The molecule has 0 bridgehead atoms. The van der Waals surface area contributed by atoms with Crippen LogP contribution in [0.3, 0.4) is 0 Å². The molecule has 0 fully saturated rings. The van der Waals surface area contributed by atoms with Gasteiger partial charge in [0.1, 0.15) is 0 Å². The number of allylic oxidation sites excluding steroid dienone is 1. The molecule has 0 atom stereocenters. The van der Waals surface area contributed by atoms with Crippen LogP contribution in [0.1, 0.15) is 26.7 Å². The van der Waals surface area contributed by atoms with Gasteiger partial charge in [-0.25, -0.2) is 0 Å². The van der Waals surface area contributed by atoms with Crippen LogP contribution in [0.15, 0.2) is 17.8 Å². The van der Waals surface area contributed by atoms with Gasteiger partial charge in [-0.3, -0.25) is 0 Å². The standard InChI is InChI=1S/C8H15NO/c1-4-5-6-8(2,3)7-9-10/h4,7,10H,1,5-6H2,2-3H3. The lowest BCUT2D eigenvalue weighted by molar-refractivity contribution is 0.312. The highest BCUT2D eigenvalue weighted by molar-refractivity contribution is 5.63. The van der Waals surface area contributed by atoms with E-state index in [4.69, 9.17) is 5.21 Å². The van der Waals surface area contributed by atoms with E-state index in [-0.39, 0.29) is 5.41 Å². The van der Waals surface area contributed by atoms with Gasteiger partial charge < -0.3 is 5.21 Å². The van der Waals surface area contributed by atoms with Crippen LogP contribution in [0, 0.1) is 5.41 Å². The predicted molar refractivity (Wildman–Crippen MR) is 43.5 cm³/mol. The fourth-order valence-corrected chi connectivity index (χ4v) is 0.695. The Morgan fingerprint density at radius 2 is 2.20 bits per heavy atom. The minimum absolute atomic E-state index is 0.0110. The summed E-state index contributed by atoms with van der Waals surface area (Å²) in [7, 11) is 0. The molecule has 0 aromatic carbocycles. The molecule has 10 heavy (non-hydrogen) atoms. The zero-order valence-electron chi connectivity index (χ0n) is 6.67. The first-order chi connectivity index (χ1) is 4.62. The Labute approximate surface area is 62.2 Å². The van der Waals surface area contributed by atoms with Gasteiger partial charge in [0, 0.05) is 11.6 Å². The van der Waals surface area contributed by atoms with E-state index < -0.39 is 0 Å². The summed E-state index contributed by atoms with van der Waals surface area (Å²) in [5.41, 5.74) is -0.0110. The van der Waals surface area contributed by atoms with Gasteiger partial charge in [-0.1, -0.05) is 19.9 Å². The van der Waals surface area contributed by atoms with Crippen LogP contribution >= 0.6 is 0 Å². The second-order valence-corrected chi connectivity index (χ2v) is 3.06. The first-order valence-electron chi connectivity index (χ1n) is 3.42. The van der Waals surface area contributed by atoms with E-state index in [2.05, 4.69) is 11.7 Å². The quantitative estimate of drug-likeness (QED) is 0.277. The zero-order valence-corrected chi connectivity index (χ0v) is 6.67. The molecule has 0 rings (SSSR count). The maximum atomic E-state index is 8.24. The molecule has 0 aliphatic rings. The van der Waals surface area contributed by atoms with Crippen LogP contribution in [0.5, 0.6) is 0 Å². The SMILES string of the molecule is C=CCCC(C)(C)C=NO. The molecule has 0 unspecified atom stereocenters. The van der Waals surface area contributed by atoms with Gasteiger partial charge in [-0.15, -0.1) is 11.7 Å². The lowest BCUT2D eigenvalue weighted by Gasteiger charge is -2.16. The predicted octanol–water partition coefficient (Wildman–Crippen LogP) is 2.44. The summed E-state index contributed by atoms with van der Waals surface area (Å²) in [5.74, 6) is 0. The minimum atomic E-state index is -0.0110. The number of nitrogens with zero attached hydrogens (tertiary/aromatic N) is 1. The molecule has 0 saturated heterocycles. The van der Waals surface area contributed by atoms with Crippen molar-refractivity contribution in [2.45, 2.75) is 26.7 Å². The van der Waals surface area contributed by atoms with Crippen molar-refractivity contribution in [3.63, 3.8) is 0 Å². The second kappa shape index (κ2) is 4.09. The molecule has 0 amide bonds. The monoisotopic (exact) mass is 141 g/mol. The van der Waals surface area contributed by atoms with Gasteiger partial charge in [0.2, 0.25) is 0 Å². The third-order valence-corrected chi connectivity index (χ3v) is 1.40. The fraction of sp³-hybridized carbons (Fsp3) is 0.625. The van der Waals surface area contributed by atoms with Crippen LogP contribution in [0.25, 0.3) is 0 Å². The number of hydrogen-bond acceptors (Lipinski definition) is 2. The smallest absolute Gasteiger partial charge is 0.0492 e. The van der Waals surface area contributed by atoms with Crippen molar-refractivity contribution in [2.75, 3.05) is 0 Å². The van der Waals surface area contributed by atoms with Gasteiger partial charge in [0.05, 0.1) is 0 Å². The van der Waals surface area contributed by atoms with Gasteiger partial charge >= 0.3 is 0 Å². The van der Waals surface area contributed by atoms with Crippen LogP contribution in [0.2, 0.25) is 0 Å². The Bertz CT molecular complexity index is 127. The minimum Gasteiger partial charge on any atom is -0.411 e. The van der Waals surface area contributed by atoms with Crippen molar-refractivity contribution in [3.05, 3.63) is 12.7 Å². The van der Waals surface area contributed by atoms with Crippen LogP contribution < -0.4 is 0 Å². The molecule has 0 heterocycles. The molecule has 2 heteroatoms. The Morgan fingerprint density at radius 1 is 1.60 bits per heavy atom. The van der Waals surface area contributed by atoms with E-state index in [0.29, 0.717) is 0 Å². The van der Waals surface area contributed by atoms with Crippen molar-refractivity contribution in [1.82, 2.24) is 0 Å². The molecule has 0 radical (unpaired) electrons. The molecule has 0 spiro atoms. The molecule has 0 aliphatic heterocycles. The van der Waals surface area contributed by atoms with Gasteiger partial charge in [-0.05, 0) is 12.8 Å². The van der Waals surface area contributed by atoms with Crippen LogP contribution in [-0.4, -0.2) is 11.4 Å². The number of rotatable bonds is 4. The van der Waals surface area contributed by atoms with E-state index in [0.717, 1.165) is 12.8 Å². The lowest BCUT2D eigenvalue weighted by atomic mass is 9.89. The molecule has 0 saturated carbocycles. The maximum absolute atomic E-state index is 8.24. The van der Waals surface area contributed by atoms with E-state index in [1.807, 2.05) is 19.9 Å². The summed E-state index contributed by atoms with van der Waals surface area (Å²) in [5, 5.41) is 11.2. The first-order valence-corrected chi connectivity index (χ1v) is 3.42.